The van der Waals surface area contributed by atoms with E-state index >= 15 is 0 Å². The molecule has 7 heteroatoms. The van der Waals surface area contributed by atoms with Crippen LogP contribution in [0.1, 0.15) is 53.5 Å². The largest absolute Gasteiger partial charge is 0.385 e. The smallest absolute Gasteiger partial charge is 0.328 e. The molecule has 0 amide bonds. The SMILES string of the molecule is CCn1c(C(=O)c2cc(C)cc(C#N)c2)c(C(C)(C)O)c(=O)[nH]c1=O. The number of aliphatic hydroxyl groups is 1. The molecule has 0 spiro atoms. The molecule has 2 aromatic rings. The van der Waals surface area contributed by atoms with E-state index in [-0.39, 0.29) is 23.4 Å². The van der Waals surface area contributed by atoms with E-state index in [9.17, 15) is 19.5 Å². The van der Waals surface area contributed by atoms with Crippen molar-refractivity contribution in [2.24, 2.45) is 0 Å². The van der Waals surface area contributed by atoms with E-state index in [1.807, 2.05) is 6.07 Å². The van der Waals surface area contributed by atoms with Gasteiger partial charge in [-0.15, -0.1) is 0 Å². The first-order valence-corrected chi connectivity index (χ1v) is 7.76. The predicted molar refractivity (Wildman–Crippen MR) is 91.6 cm³/mol. The lowest BCUT2D eigenvalue weighted by atomic mass is 9.92. The van der Waals surface area contributed by atoms with Gasteiger partial charge in [-0.3, -0.25) is 19.1 Å². The van der Waals surface area contributed by atoms with Gasteiger partial charge < -0.3 is 5.11 Å². The first-order chi connectivity index (χ1) is 11.6. The van der Waals surface area contributed by atoms with Crippen molar-refractivity contribution < 1.29 is 9.90 Å². The average Bonchev–Trinajstić information content (AvgIpc) is 2.51. The Morgan fingerprint density at radius 2 is 1.96 bits per heavy atom. The second-order valence-corrected chi connectivity index (χ2v) is 6.31. The van der Waals surface area contributed by atoms with Crippen LogP contribution in [0.5, 0.6) is 0 Å². The number of ketones is 1. The summed E-state index contributed by atoms with van der Waals surface area (Å²) in [5.41, 5.74) is -2.35. The summed E-state index contributed by atoms with van der Waals surface area (Å²) in [6.07, 6.45) is 0. The minimum atomic E-state index is -1.63. The third-order valence-corrected chi connectivity index (χ3v) is 3.81. The first-order valence-electron chi connectivity index (χ1n) is 7.76. The molecule has 0 saturated carbocycles. The number of nitrogens with zero attached hydrogens (tertiary/aromatic N) is 2. The van der Waals surface area contributed by atoms with Gasteiger partial charge in [0.2, 0.25) is 5.78 Å². The molecular weight excluding hydrogens is 322 g/mol. The highest BCUT2D eigenvalue weighted by molar-refractivity contribution is 6.09. The van der Waals surface area contributed by atoms with Crippen molar-refractivity contribution in [3.63, 3.8) is 0 Å². The van der Waals surface area contributed by atoms with Gasteiger partial charge in [0.1, 0.15) is 5.69 Å². The molecule has 130 valence electrons. The zero-order chi connectivity index (χ0) is 18.9. The Morgan fingerprint density at radius 3 is 2.48 bits per heavy atom. The van der Waals surface area contributed by atoms with Gasteiger partial charge in [-0.05, 0) is 51.5 Å². The van der Waals surface area contributed by atoms with Crippen molar-refractivity contribution >= 4 is 5.78 Å². The number of hydrogen-bond acceptors (Lipinski definition) is 5. The monoisotopic (exact) mass is 341 g/mol. The highest BCUT2D eigenvalue weighted by Crippen LogP contribution is 2.22. The molecule has 1 aromatic carbocycles. The minimum Gasteiger partial charge on any atom is -0.385 e. The standard InChI is InChI=1S/C18H19N3O4/c1-5-21-14(13(18(3,4)25)16(23)20-17(21)24)15(22)12-7-10(2)6-11(8-12)9-19/h6-8,25H,5H2,1-4H3,(H,20,23,24). The number of rotatable bonds is 4. The topological polar surface area (TPSA) is 116 Å². The van der Waals surface area contributed by atoms with Crippen LogP contribution in [0.4, 0.5) is 0 Å². The minimum absolute atomic E-state index is 0.136. The Kier molecular flexibility index (Phi) is 4.77. The summed E-state index contributed by atoms with van der Waals surface area (Å²) in [5.74, 6) is -0.595. The molecule has 1 aromatic heterocycles. The maximum Gasteiger partial charge on any atom is 0.328 e. The lowest BCUT2D eigenvalue weighted by molar-refractivity contribution is 0.0729. The first kappa shape index (κ1) is 18.4. The van der Waals surface area contributed by atoms with Gasteiger partial charge in [0, 0.05) is 12.1 Å². The quantitative estimate of drug-likeness (QED) is 0.811. The molecule has 0 radical (unpaired) electrons. The molecule has 0 atom stereocenters. The number of nitriles is 1. The summed E-state index contributed by atoms with van der Waals surface area (Å²) in [6, 6.07) is 6.57. The molecule has 0 unspecified atom stereocenters. The maximum atomic E-state index is 13.1. The van der Waals surface area contributed by atoms with Crippen molar-refractivity contribution in [2.45, 2.75) is 39.8 Å². The van der Waals surface area contributed by atoms with Crippen LogP contribution in [0.15, 0.2) is 27.8 Å². The normalized spacial score (nSPS) is 11.2. The highest BCUT2D eigenvalue weighted by atomic mass is 16.3. The number of H-pyrrole nitrogens is 1. The van der Waals surface area contributed by atoms with Gasteiger partial charge >= 0.3 is 5.69 Å². The van der Waals surface area contributed by atoms with E-state index in [4.69, 9.17) is 5.26 Å². The molecule has 0 fully saturated rings. The summed E-state index contributed by atoms with van der Waals surface area (Å²) < 4.78 is 1.12. The number of aromatic amines is 1. The second kappa shape index (κ2) is 6.49. The average molecular weight is 341 g/mol. The van der Waals surface area contributed by atoms with Crippen molar-refractivity contribution in [1.82, 2.24) is 9.55 Å². The third kappa shape index (κ3) is 3.44. The van der Waals surface area contributed by atoms with Crippen LogP contribution in [-0.4, -0.2) is 20.4 Å². The molecule has 0 aliphatic carbocycles. The number of carbonyl (C=O) groups excluding carboxylic acids is 1. The fourth-order valence-corrected chi connectivity index (χ4v) is 2.79. The van der Waals surface area contributed by atoms with Crippen molar-refractivity contribution in [3.8, 4) is 6.07 Å². The number of aromatic nitrogens is 2. The lowest BCUT2D eigenvalue weighted by Crippen LogP contribution is -2.41. The van der Waals surface area contributed by atoms with Crippen LogP contribution >= 0.6 is 0 Å². The Labute approximate surface area is 144 Å². The summed E-state index contributed by atoms with van der Waals surface area (Å²) in [4.78, 5) is 39.6. The van der Waals surface area contributed by atoms with Gasteiger partial charge in [-0.25, -0.2) is 4.79 Å². The molecule has 25 heavy (non-hydrogen) atoms. The van der Waals surface area contributed by atoms with E-state index in [1.165, 1.54) is 19.9 Å². The van der Waals surface area contributed by atoms with E-state index in [1.54, 1.807) is 26.0 Å². The molecule has 1 heterocycles. The van der Waals surface area contributed by atoms with Crippen LogP contribution in [0.2, 0.25) is 0 Å². The lowest BCUT2D eigenvalue weighted by Gasteiger charge is -2.22. The number of benzene rings is 1. The number of nitrogens with one attached hydrogen (secondary N) is 1. The Bertz CT molecular complexity index is 1000. The molecule has 7 nitrogen and oxygen atoms in total. The molecular formula is C18H19N3O4. The van der Waals surface area contributed by atoms with Crippen molar-refractivity contribution in [1.29, 1.82) is 5.26 Å². The number of carbonyl (C=O) groups is 1. The summed E-state index contributed by atoms with van der Waals surface area (Å²) in [6.45, 7) is 6.27. The number of aryl methyl sites for hydroxylation is 1. The summed E-state index contributed by atoms with van der Waals surface area (Å²) in [7, 11) is 0. The van der Waals surface area contributed by atoms with Crippen molar-refractivity contribution in [2.75, 3.05) is 0 Å². The van der Waals surface area contributed by atoms with Gasteiger partial charge in [0.15, 0.2) is 0 Å². The molecule has 0 aliphatic rings. The van der Waals surface area contributed by atoms with Gasteiger partial charge in [-0.1, -0.05) is 0 Å². The van der Waals surface area contributed by atoms with Crippen LogP contribution in [-0.2, 0) is 12.1 Å². The van der Waals surface area contributed by atoms with E-state index in [2.05, 4.69) is 4.98 Å². The van der Waals surface area contributed by atoms with Crippen LogP contribution in [0, 0.1) is 18.3 Å². The van der Waals surface area contributed by atoms with Crippen LogP contribution in [0.3, 0.4) is 0 Å². The highest BCUT2D eigenvalue weighted by Gasteiger charge is 2.31. The zero-order valence-corrected chi connectivity index (χ0v) is 14.5. The van der Waals surface area contributed by atoms with Gasteiger partial charge in [0.05, 0.1) is 22.8 Å². The molecule has 0 aliphatic heterocycles. The van der Waals surface area contributed by atoms with Crippen molar-refractivity contribution in [3.05, 3.63) is 67.0 Å². The fraction of sp³-hybridized carbons (Fsp3) is 0.333. The zero-order valence-electron chi connectivity index (χ0n) is 14.5. The maximum absolute atomic E-state index is 13.1. The predicted octanol–water partition coefficient (Wildman–Crippen LogP) is 1.19. The van der Waals surface area contributed by atoms with Gasteiger partial charge in [-0.2, -0.15) is 5.26 Å². The van der Waals surface area contributed by atoms with Crippen LogP contribution < -0.4 is 11.2 Å². The molecule has 0 saturated heterocycles. The molecule has 2 N–H and O–H groups in total. The Hall–Kier alpha value is -2.98. The van der Waals surface area contributed by atoms with Gasteiger partial charge in [0.25, 0.3) is 5.56 Å². The molecule has 2 rings (SSSR count). The Morgan fingerprint density at radius 1 is 1.32 bits per heavy atom. The Balaban J connectivity index is 2.89. The fourth-order valence-electron chi connectivity index (χ4n) is 2.79. The summed E-state index contributed by atoms with van der Waals surface area (Å²) in [5, 5.41) is 19.5. The van der Waals surface area contributed by atoms with E-state index in [0.29, 0.717) is 11.1 Å². The van der Waals surface area contributed by atoms with Crippen LogP contribution in [0.25, 0.3) is 0 Å². The van der Waals surface area contributed by atoms with E-state index < -0.39 is 22.6 Å². The molecule has 0 bridgehead atoms. The van der Waals surface area contributed by atoms with E-state index in [0.717, 1.165) is 4.57 Å². The summed E-state index contributed by atoms with van der Waals surface area (Å²) >= 11 is 0. The third-order valence-electron chi connectivity index (χ3n) is 3.81. The number of hydrogen-bond donors (Lipinski definition) is 2. The second-order valence-electron chi connectivity index (χ2n) is 6.31.